The van der Waals surface area contributed by atoms with Gasteiger partial charge in [0.05, 0.1) is 11.4 Å². The van der Waals surface area contributed by atoms with Crippen LogP contribution in [0, 0.1) is 19.8 Å². The second kappa shape index (κ2) is 12.3. The maximum Gasteiger partial charge on any atom is 0.504 e. The number of hydrogen-bond donors (Lipinski definition) is 0. The fourth-order valence-electron chi connectivity index (χ4n) is 4.51. The summed E-state index contributed by atoms with van der Waals surface area (Å²) in [4.78, 5) is 52.3. The highest BCUT2D eigenvalue weighted by molar-refractivity contribution is 5.70. The Balaban J connectivity index is 1.52. The van der Waals surface area contributed by atoms with Crippen molar-refractivity contribution < 1.29 is 28.5 Å². The van der Waals surface area contributed by atoms with E-state index in [0.717, 1.165) is 43.6 Å². The minimum atomic E-state index is 0.199. The number of nitrogens with zero attached hydrogens (tertiary/aromatic N) is 4. The second-order valence-electron chi connectivity index (χ2n) is 9.07. The second-order valence-corrected chi connectivity index (χ2v) is 9.07. The normalized spacial score (nSPS) is 13.7. The molecule has 0 N–H and O–H groups in total. The van der Waals surface area contributed by atoms with Crippen LogP contribution in [-0.4, -0.2) is 33.7 Å². The van der Waals surface area contributed by atoms with Crippen molar-refractivity contribution in [2.75, 3.05) is 0 Å². The number of allylic oxidation sites excluding steroid dienone is 3. The Kier molecular flexibility index (Phi) is 8.40. The largest absolute Gasteiger partial charge is 0.504 e. The zero-order valence-electron chi connectivity index (χ0n) is 21.4. The summed E-state index contributed by atoms with van der Waals surface area (Å²) in [7, 11) is 0. The van der Waals surface area contributed by atoms with Gasteiger partial charge in [0.25, 0.3) is 11.4 Å². The Morgan fingerprint density at radius 1 is 0.795 bits per heavy atom. The molecular weight excluding hydrogens is 492 g/mol. The van der Waals surface area contributed by atoms with Crippen molar-refractivity contribution in [3.63, 3.8) is 0 Å². The Morgan fingerprint density at radius 2 is 1.46 bits per heavy atom. The third kappa shape index (κ3) is 6.15. The lowest BCUT2D eigenvalue weighted by Gasteiger charge is -2.13. The fraction of sp³-hybridized carbons (Fsp3) is 0.161. The Morgan fingerprint density at radius 3 is 2.03 bits per heavy atom. The first-order valence-corrected chi connectivity index (χ1v) is 12.2. The van der Waals surface area contributed by atoms with Crippen LogP contribution in [-0.2, 0) is 25.6 Å². The first kappa shape index (κ1) is 26.7. The average Bonchev–Trinajstić information content (AvgIpc) is 2.95. The Bertz CT molecular complexity index is 1690. The number of carbonyl (C=O) groups excluding carboxylic acids is 4. The van der Waals surface area contributed by atoms with Gasteiger partial charge in [-0.15, -0.1) is 0 Å². The van der Waals surface area contributed by atoms with E-state index >= 15 is 0 Å². The minimum Gasteiger partial charge on any atom is -0.211 e. The van der Waals surface area contributed by atoms with Crippen LogP contribution in [0.3, 0.4) is 0 Å². The monoisotopic (exact) mass is 516 g/mol. The van der Waals surface area contributed by atoms with Crippen LogP contribution in [0.25, 0.3) is 11.1 Å². The number of isocyanates is 4. The number of benzene rings is 3. The summed E-state index contributed by atoms with van der Waals surface area (Å²) < 4.78 is 2.23. The number of hydrazine groups is 1. The van der Waals surface area contributed by atoms with E-state index in [0.29, 0.717) is 29.2 Å². The zero-order chi connectivity index (χ0) is 27.8. The standard InChI is InChI=1S/C31H24N4O4/c1-22-15-26(7-13-30(22)33-19-37)27-8-14-31(23(2)16-27)35(21-39)34(20-38)29-11-5-25(6-12-29)17-24-3-9-28(10-4-24)32-18-36/h3-5,7-16,25H,6,17H2,1-2H3/q+2. The number of hydrazone groups is 2. The van der Waals surface area contributed by atoms with Gasteiger partial charge < -0.3 is 0 Å². The average molecular weight is 517 g/mol. The number of aryl methyl sites for hydroxylation is 2. The molecule has 1 unspecified atom stereocenters. The molecule has 0 aromatic heterocycles. The highest BCUT2D eigenvalue weighted by Gasteiger charge is 2.33. The molecule has 0 fully saturated rings. The zero-order valence-corrected chi connectivity index (χ0v) is 21.4. The van der Waals surface area contributed by atoms with Crippen molar-refractivity contribution in [3.8, 4) is 11.1 Å². The molecule has 4 rings (SSSR count). The molecule has 0 heterocycles. The molecule has 0 aliphatic heterocycles. The topological polar surface area (TPSA) is 99.0 Å². The van der Waals surface area contributed by atoms with Crippen molar-refractivity contribution >= 4 is 41.4 Å². The molecule has 0 saturated carbocycles. The third-order valence-electron chi connectivity index (χ3n) is 6.52. The van der Waals surface area contributed by atoms with Gasteiger partial charge >= 0.3 is 12.2 Å². The van der Waals surface area contributed by atoms with Crippen molar-refractivity contribution in [2.24, 2.45) is 15.9 Å². The van der Waals surface area contributed by atoms with E-state index < -0.39 is 0 Å². The van der Waals surface area contributed by atoms with Gasteiger partial charge in [0.2, 0.25) is 12.2 Å². The molecule has 1 aliphatic carbocycles. The first-order valence-electron chi connectivity index (χ1n) is 12.2. The molecule has 0 bridgehead atoms. The number of hydrogen-bond acceptors (Lipinski definition) is 6. The molecule has 0 amide bonds. The van der Waals surface area contributed by atoms with Gasteiger partial charge in [0.1, 0.15) is 0 Å². The van der Waals surface area contributed by atoms with Crippen molar-refractivity contribution in [2.45, 2.75) is 26.7 Å². The molecule has 8 heteroatoms. The van der Waals surface area contributed by atoms with Gasteiger partial charge in [-0.3, -0.25) is 0 Å². The molecular formula is C31H24N4O4+2. The maximum absolute atomic E-state index is 12.0. The molecule has 8 nitrogen and oxygen atoms in total. The van der Waals surface area contributed by atoms with Crippen molar-refractivity contribution in [1.29, 1.82) is 0 Å². The smallest absolute Gasteiger partial charge is 0.211 e. The first-order chi connectivity index (χ1) is 19.0. The molecule has 3 aromatic carbocycles. The summed E-state index contributed by atoms with van der Waals surface area (Å²) in [5, 5.41) is 0. The van der Waals surface area contributed by atoms with Crippen molar-refractivity contribution in [1.82, 2.24) is 0 Å². The van der Waals surface area contributed by atoms with Gasteiger partial charge in [-0.1, -0.05) is 24.3 Å². The van der Waals surface area contributed by atoms with Gasteiger partial charge in [-0.2, -0.15) is 19.6 Å². The van der Waals surface area contributed by atoms with E-state index in [1.165, 1.54) is 6.08 Å². The van der Waals surface area contributed by atoms with Crippen LogP contribution in [0.1, 0.15) is 23.1 Å². The molecule has 1 aliphatic rings. The van der Waals surface area contributed by atoms with Gasteiger partial charge in [0.15, 0.2) is 9.37 Å². The minimum absolute atomic E-state index is 0.199. The molecule has 0 spiro atoms. The van der Waals surface area contributed by atoms with Crippen molar-refractivity contribution in [3.05, 3.63) is 101 Å². The quantitative estimate of drug-likeness (QED) is 0.162. The molecule has 190 valence electrons. The lowest BCUT2D eigenvalue weighted by Crippen LogP contribution is -2.22. The highest BCUT2D eigenvalue weighted by Crippen LogP contribution is 2.30. The third-order valence-corrected chi connectivity index (χ3v) is 6.52. The lowest BCUT2D eigenvalue weighted by molar-refractivity contribution is -1.05. The summed E-state index contributed by atoms with van der Waals surface area (Å²) in [5.74, 6) is 0.199. The molecule has 3 aromatic rings. The highest BCUT2D eigenvalue weighted by atomic mass is 16.1. The van der Waals surface area contributed by atoms with E-state index in [1.54, 1.807) is 36.4 Å². The van der Waals surface area contributed by atoms with E-state index in [4.69, 9.17) is 0 Å². The molecule has 0 radical (unpaired) electrons. The summed E-state index contributed by atoms with van der Waals surface area (Å²) in [6.45, 7) is 3.70. The Labute approximate surface area is 225 Å². The summed E-state index contributed by atoms with van der Waals surface area (Å²) in [6.07, 6.45) is 13.9. The van der Waals surface area contributed by atoms with Gasteiger partial charge in [0, 0.05) is 17.7 Å². The number of rotatable bonds is 8. The van der Waals surface area contributed by atoms with Crippen LogP contribution in [0.4, 0.5) is 17.1 Å². The van der Waals surface area contributed by atoms with Crippen LogP contribution in [0.5, 0.6) is 0 Å². The predicted molar refractivity (Wildman–Crippen MR) is 144 cm³/mol. The van der Waals surface area contributed by atoms with Crippen LogP contribution < -0.4 is 0 Å². The van der Waals surface area contributed by atoms with Crippen LogP contribution in [0.15, 0.2) is 94.6 Å². The summed E-state index contributed by atoms with van der Waals surface area (Å²) in [5.41, 5.74) is 6.62. The fourth-order valence-corrected chi connectivity index (χ4v) is 4.51. The Hall–Kier alpha value is -5.34. The molecule has 0 saturated heterocycles. The van der Waals surface area contributed by atoms with Crippen LogP contribution >= 0.6 is 0 Å². The van der Waals surface area contributed by atoms with E-state index in [9.17, 15) is 19.2 Å². The SMILES string of the molecule is Cc1cc(-c2ccc([N+](=C=O)[N+](=C=O)C3=CCC(Cc4ccc(N=C=O)cc4)C=C3)c(C)c2)ccc1N=C=O. The van der Waals surface area contributed by atoms with Gasteiger partial charge in [-0.05, 0) is 97.3 Å². The molecule has 1 atom stereocenters. The molecule has 39 heavy (non-hydrogen) atoms. The van der Waals surface area contributed by atoms with E-state index in [1.807, 2.05) is 74.6 Å². The van der Waals surface area contributed by atoms with E-state index in [-0.39, 0.29) is 5.92 Å². The number of aliphatic imine (C=N–C) groups is 2. The maximum atomic E-state index is 12.0. The van der Waals surface area contributed by atoms with E-state index in [2.05, 4.69) is 9.98 Å². The summed E-state index contributed by atoms with van der Waals surface area (Å²) in [6, 6.07) is 18.4. The predicted octanol–water partition coefficient (Wildman–Crippen LogP) is 5.85. The van der Waals surface area contributed by atoms with Gasteiger partial charge in [-0.25, -0.2) is 9.59 Å². The lowest BCUT2D eigenvalue weighted by atomic mass is 9.92. The summed E-state index contributed by atoms with van der Waals surface area (Å²) >= 11 is 0. The van der Waals surface area contributed by atoms with Crippen LogP contribution in [0.2, 0.25) is 0 Å².